The first-order chi connectivity index (χ1) is 23.9. The molecule has 1 heterocycles. The van der Waals surface area contributed by atoms with Gasteiger partial charge in [0.05, 0.1) is 51.1 Å². The molecule has 0 radical (unpaired) electrons. The van der Waals surface area contributed by atoms with Crippen LogP contribution in [0.1, 0.15) is 36.0 Å². The SMILES string of the molecule is CCCOCCNC(=O)[C@H](O)[C@@H](O)C(=O)NCCOCCOCCOCCNS(=O)(=O)c1ccc([C@@H]2CN(C)Cc3c(Cl)cc(Cl)cc32)cc1. The number of rotatable bonds is 23. The molecule has 14 nitrogen and oxygen atoms in total. The predicted octanol–water partition coefficient (Wildman–Crippen LogP) is 1.28. The molecule has 3 atom stereocenters. The Morgan fingerprint density at radius 2 is 1.36 bits per heavy atom. The number of carbonyl (C=O) groups excluding carboxylic acids is 2. The minimum atomic E-state index is -3.73. The Kier molecular flexibility index (Phi) is 18.3. The maximum Gasteiger partial charge on any atom is 0.252 e. The number of hydrogen-bond donors (Lipinski definition) is 5. The number of fused-ring (bicyclic) bond motifs is 1. The number of benzene rings is 2. The zero-order valence-corrected chi connectivity index (χ0v) is 30.7. The first-order valence-corrected chi connectivity index (χ1v) is 18.7. The minimum Gasteiger partial charge on any atom is -0.380 e. The van der Waals surface area contributed by atoms with Gasteiger partial charge in [-0.1, -0.05) is 42.3 Å². The molecular weight excluding hydrogens is 715 g/mol. The first-order valence-electron chi connectivity index (χ1n) is 16.4. The zero-order chi connectivity index (χ0) is 36.5. The van der Waals surface area contributed by atoms with Crippen molar-refractivity contribution >= 4 is 45.0 Å². The van der Waals surface area contributed by atoms with E-state index >= 15 is 0 Å². The van der Waals surface area contributed by atoms with Crippen molar-refractivity contribution in [3.8, 4) is 0 Å². The number of sulfonamides is 1. The van der Waals surface area contributed by atoms with E-state index in [0.717, 1.165) is 29.7 Å². The molecule has 2 aromatic carbocycles. The fraction of sp³-hybridized carbons (Fsp3) is 0.576. The number of aliphatic hydroxyl groups excluding tert-OH is 2. The van der Waals surface area contributed by atoms with Crippen molar-refractivity contribution in [2.75, 3.05) is 86.1 Å². The molecule has 5 N–H and O–H groups in total. The van der Waals surface area contributed by atoms with E-state index in [1.165, 1.54) is 0 Å². The molecule has 0 aliphatic carbocycles. The quantitative estimate of drug-likeness (QED) is 0.103. The average Bonchev–Trinajstić information content (AvgIpc) is 3.09. The fourth-order valence-corrected chi connectivity index (χ4v) is 6.70. The molecule has 0 spiro atoms. The number of carbonyl (C=O) groups is 2. The monoisotopic (exact) mass is 762 g/mol. The van der Waals surface area contributed by atoms with E-state index in [4.69, 9.17) is 42.1 Å². The summed E-state index contributed by atoms with van der Waals surface area (Å²) in [6.45, 7) is 5.76. The Morgan fingerprint density at radius 1 is 0.840 bits per heavy atom. The number of hydrogen-bond acceptors (Lipinski definition) is 11. The summed E-state index contributed by atoms with van der Waals surface area (Å²) >= 11 is 12.8. The van der Waals surface area contributed by atoms with Gasteiger partial charge in [0, 0.05) is 55.3 Å². The van der Waals surface area contributed by atoms with Crippen molar-refractivity contribution < 1.29 is 47.2 Å². The Bertz CT molecular complexity index is 1470. The molecular formula is C33H48Cl2N4O10S. The normalized spacial score (nSPS) is 16.1. The van der Waals surface area contributed by atoms with Crippen LogP contribution in [0.4, 0.5) is 0 Å². The second-order valence-corrected chi connectivity index (χ2v) is 14.2. The third-order valence-corrected chi connectivity index (χ3v) is 9.68. The molecule has 1 aliphatic rings. The zero-order valence-electron chi connectivity index (χ0n) is 28.4. The molecule has 0 bridgehead atoms. The predicted molar refractivity (Wildman–Crippen MR) is 188 cm³/mol. The van der Waals surface area contributed by atoms with Gasteiger partial charge in [-0.2, -0.15) is 0 Å². The van der Waals surface area contributed by atoms with Crippen LogP contribution >= 0.6 is 23.2 Å². The van der Waals surface area contributed by atoms with E-state index in [9.17, 15) is 28.2 Å². The summed E-state index contributed by atoms with van der Waals surface area (Å²) in [5, 5.41) is 25.7. The van der Waals surface area contributed by atoms with Crippen LogP contribution in [0.5, 0.6) is 0 Å². The summed E-state index contributed by atoms with van der Waals surface area (Å²) in [5.74, 6) is -1.77. The Balaban J connectivity index is 1.23. The highest BCUT2D eigenvalue weighted by atomic mass is 35.5. The van der Waals surface area contributed by atoms with Gasteiger partial charge in [-0.25, -0.2) is 13.1 Å². The first kappa shape index (κ1) is 42.0. The lowest BCUT2D eigenvalue weighted by Crippen LogP contribution is -2.50. The number of nitrogens with one attached hydrogen (secondary N) is 3. The smallest absolute Gasteiger partial charge is 0.252 e. The number of halogens is 2. The highest BCUT2D eigenvalue weighted by molar-refractivity contribution is 7.89. The molecule has 0 saturated carbocycles. The average molecular weight is 764 g/mol. The largest absolute Gasteiger partial charge is 0.380 e. The Labute approximate surface area is 303 Å². The van der Waals surface area contributed by atoms with Crippen LogP contribution in [0.3, 0.4) is 0 Å². The molecule has 3 rings (SSSR count). The van der Waals surface area contributed by atoms with Gasteiger partial charge in [0.2, 0.25) is 10.0 Å². The lowest BCUT2D eigenvalue weighted by atomic mass is 9.85. The van der Waals surface area contributed by atoms with Gasteiger partial charge in [0.25, 0.3) is 11.8 Å². The van der Waals surface area contributed by atoms with E-state index in [2.05, 4.69) is 20.3 Å². The van der Waals surface area contributed by atoms with Crippen molar-refractivity contribution in [1.82, 2.24) is 20.3 Å². The van der Waals surface area contributed by atoms with Gasteiger partial charge in [-0.05, 0) is 54.4 Å². The van der Waals surface area contributed by atoms with Gasteiger partial charge in [0.1, 0.15) is 0 Å². The van der Waals surface area contributed by atoms with Crippen molar-refractivity contribution in [2.45, 2.75) is 42.9 Å². The summed E-state index contributed by atoms with van der Waals surface area (Å²) < 4.78 is 49.6. The maximum absolute atomic E-state index is 12.8. The van der Waals surface area contributed by atoms with Crippen molar-refractivity contribution in [1.29, 1.82) is 0 Å². The van der Waals surface area contributed by atoms with Gasteiger partial charge in [-0.3, -0.25) is 9.59 Å². The molecule has 1 aliphatic heterocycles. The molecule has 2 amide bonds. The highest BCUT2D eigenvalue weighted by Crippen LogP contribution is 2.38. The number of amides is 2. The Hall–Kier alpha value is -2.41. The molecule has 0 saturated heterocycles. The second kappa shape index (κ2) is 21.8. The lowest BCUT2D eigenvalue weighted by Gasteiger charge is -2.33. The van der Waals surface area contributed by atoms with Gasteiger partial charge < -0.3 is 44.7 Å². The molecule has 2 aromatic rings. The summed E-state index contributed by atoms with van der Waals surface area (Å²) in [7, 11) is -1.72. The van der Waals surface area contributed by atoms with Crippen molar-refractivity contribution in [3.63, 3.8) is 0 Å². The third kappa shape index (κ3) is 13.6. The molecule has 0 aromatic heterocycles. The summed E-state index contributed by atoms with van der Waals surface area (Å²) in [4.78, 5) is 26.1. The van der Waals surface area contributed by atoms with E-state index in [1.807, 2.05) is 32.2 Å². The highest BCUT2D eigenvalue weighted by Gasteiger charge is 2.30. The van der Waals surface area contributed by atoms with E-state index in [1.54, 1.807) is 18.2 Å². The van der Waals surface area contributed by atoms with Crippen LogP contribution in [0.15, 0.2) is 41.3 Å². The second-order valence-electron chi connectivity index (χ2n) is 11.6. The van der Waals surface area contributed by atoms with Gasteiger partial charge in [0.15, 0.2) is 12.2 Å². The number of nitrogens with zero attached hydrogens (tertiary/aromatic N) is 1. The lowest BCUT2D eigenvalue weighted by molar-refractivity contribution is -0.146. The topological polar surface area (TPSA) is 185 Å². The number of likely N-dealkylation sites (N-methyl/N-ethyl adjacent to an activating group) is 1. The molecule has 17 heteroatoms. The molecule has 280 valence electrons. The van der Waals surface area contributed by atoms with Crippen LogP contribution in [-0.2, 0) is 45.1 Å². The van der Waals surface area contributed by atoms with Crippen LogP contribution in [0, 0.1) is 0 Å². The van der Waals surface area contributed by atoms with Gasteiger partial charge in [-0.15, -0.1) is 0 Å². The Morgan fingerprint density at radius 3 is 1.92 bits per heavy atom. The van der Waals surface area contributed by atoms with E-state index in [0.29, 0.717) is 23.2 Å². The number of aliphatic hydroxyl groups is 2. The maximum atomic E-state index is 12.8. The number of ether oxygens (including phenoxy) is 4. The van der Waals surface area contributed by atoms with E-state index < -0.39 is 34.0 Å². The van der Waals surface area contributed by atoms with Crippen molar-refractivity contribution in [2.24, 2.45) is 0 Å². The minimum absolute atomic E-state index is 0.00350. The fourth-order valence-electron chi connectivity index (χ4n) is 5.12. The summed E-state index contributed by atoms with van der Waals surface area (Å²) in [6, 6.07) is 10.5. The molecule has 0 fully saturated rings. The van der Waals surface area contributed by atoms with Crippen molar-refractivity contribution in [3.05, 3.63) is 63.1 Å². The standard InChI is InChI=1S/C33H48Cl2N4O10S/c1-3-11-46-12-8-36-32(42)30(40)31(41)33(43)37-9-13-47-15-17-49-18-16-48-14-10-38-50(44,45)25-6-4-23(5-7-25)27-21-39(2)22-28-26(27)19-24(34)20-29(28)35/h4-7,19-20,27,30-31,38,40-41H,3,8-18,21-22H2,1-2H3,(H,36,42)(H,37,43)/t27-,30+,31+/m0/s1. The van der Waals surface area contributed by atoms with Crippen LogP contribution in [0.2, 0.25) is 10.0 Å². The molecule has 50 heavy (non-hydrogen) atoms. The van der Waals surface area contributed by atoms with E-state index in [-0.39, 0.29) is 76.7 Å². The van der Waals surface area contributed by atoms with Crippen LogP contribution in [0.25, 0.3) is 0 Å². The summed E-state index contributed by atoms with van der Waals surface area (Å²) in [6.07, 6.45) is -3.00. The van der Waals surface area contributed by atoms with Crippen LogP contribution in [-0.4, -0.2) is 134 Å². The molecule has 0 unspecified atom stereocenters. The third-order valence-electron chi connectivity index (χ3n) is 7.64. The van der Waals surface area contributed by atoms with Gasteiger partial charge >= 0.3 is 0 Å². The van der Waals surface area contributed by atoms with Crippen LogP contribution < -0.4 is 15.4 Å². The summed E-state index contributed by atoms with van der Waals surface area (Å²) in [5.41, 5.74) is 3.04.